The lowest BCUT2D eigenvalue weighted by Gasteiger charge is -2.19. The molecule has 0 unspecified atom stereocenters. The third kappa shape index (κ3) is 11.1. The summed E-state index contributed by atoms with van der Waals surface area (Å²) in [6, 6.07) is 6.67. The molecule has 0 fully saturated rings. The number of carbonyl (C=O) groups excluding carboxylic acids is 3. The van der Waals surface area contributed by atoms with Gasteiger partial charge in [0.15, 0.2) is 0 Å². The Bertz CT molecular complexity index is 640. The first-order valence-electron chi connectivity index (χ1n) is 8.93. The number of benzene rings is 1. The minimum absolute atomic E-state index is 0.0630. The monoisotopic (exact) mass is 395 g/mol. The number of anilines is 2. The van der Waals surface area contributed by atoms with E-state index in [1.165, 1.54) is 0 Å². The fourth-order valence-corrected chi connectivity index (χ4v) is 1.96. The Balaban J connectivity index is 2.30. The quantitative estimate of drug-likeness (QED) is 0.523. The van der Waals surface area contributed by atoms with Crippen LogP contribution in [-0.2, 0) is 23.8 Å². The van der Waals surface area contributed by atoms with Crippen molar-refractivity contribution in [1.29, 1.82) is 0 Å². The molecule has 0 heterocycles. The summed E-state index contributed by atoms with van der Waals surface area (Å²) in [5, 5.41) is 7.92. The topological polar surface area (TPSA) is 115 Å². The molecule has 0 aliphatic heterocycles. The van der Waals surface area contributed by atoms with E-state index < -0.39 is 11.7 Å². The molecule has 0 atom stereocenters. The van der Waals surface area contributed by atoms with Crippen molar-refractivity contribution >= 4 is 29.3 Å². The highest BCUT2D eigenvalue weighted by atomic mass is 16.6. The second-order valence-electron chi connectivity index (χ2n) is 6.90. The van der Waals surface area contributed by atoms with Crippen molar-refractivity contribution in [2.75, 3.05) is 44.1 Å². The third-order valence-electron chi connectivity index (χ3n) is 3.14. The average molecular weight is 395 g/mol. The highest BCUT2D eigenvalue weighted by molar-refractivity contribution is 5.93. The molecule has 28 heavy (non-hydrogen) atoms. The Morgan fingerprint density at radius 1 is 0.929 bits per heavy atom. The van der Waals surface area contributed by atoms with E-state index in [9.17, 15) is 14.4 Å². The van der Waals surface area contributed by atoms with Crippen LogP contribution in [0.1, 0.15) is 27.2 Å². The fraction of sp³-hybridized carbons (Fsp3) is 0.526. The summed E-state index contributed by atoms with van der Waals surface area (Å²) < 4.78 is 15.0. The SMILES string of the molecule is COCCOCC(=O)Nc1ccc(NC(=O)CCNC(=O)OC(C)(C)C)cc1. The normalized spacial score (nSPS) is 10.9. The van der Waals surface area contributed by atoms with Gasteiger partial charge in [-0.2, -0.15) is 0 Å². The molecular formula is C19H29N3O6. The van der Waals surface area contributed by atoms with E-state index in [-0.39, 0.29) is 31.4 Å². The Labute approximate surface area is 165 Å². The van der Waals surface area contributed by atoms with Crippen molar-refractivity contribution in [3.63, 3.8) is 0 Å². The Morgan fingerprint density at radius 2 is 1.50 bits per heavy atom. The van der Waals surface area contributed by atoms with Gasteiger partial charge in [0.25, 0.3) is 0 Å². The maximum Gasteiger partial charge on any atom is 0.407 e. The molecule has 1 aromatic carbocycles. The standard InChI is InChI=1S/C19H29N3O6/c1-19(2,3)28-18(25)20-10-9-16(23)21-14-5-7-15(8-6-14)22-17(24)13-27-12-11-26-4/h5-8H,9-13H2,1-4H3,(H,20,25)(H,21,23)(H,22,24). The number of nitrogens with one attached hydrogen (secondary N) is 3. The van der Waals surface area contributed by atoms with E-state index >= 15 is 0 Å². The van der Waals surface area contributed by atoms with Crippen LogP contribution in [0.25, 0.3) is 0 Å². The minimum atomic E-state index is -0.584. The van der Waals surface area contributed by atoms with Crippen molar-refractivity contribution < 1.29 is 28.6 Å². The van der Waals surface area contributed by atoms with Crippen LogP contribution in [0.5, 0.6) is 0 Å². The summed E-state index contributed by atoms with van der Waals surface area (Å²) >= 11 is 0. The van der Waals surface area contributed by atoms with E-state index in [1.807, 2.05) is 0 Å². The van der Waals surface area contributed by atoms with Gasteiger partial charge in [-0.25, -0.2) is 4.79 Å². The van der Waals surface area contributed by atoms with Crippen LogP contribution in [0.15, 0.2) is 24.3 Å². The predicted octanol–water partition coefficient (Wildman–Crippen LogP) is 2.14. The molecule has 0 spiro atoms. The second kappa shape index (κ2) is 11.9. The lowest BCUT2D eigenvalue weighted by Crippen LogP contribution is -2.34. The first kappa shape index (κ1) is 23.4. The van der Waals surface area contributed by atoms with E-state index in [4.69, 9.17) is 14.2 Å². The molecule has 3 N–H and O–H groups in total. The number of rotatable bonds is 10. The van der Waals surface area contributed by atoms with Crippen molar-refractivity contribution in [2.24, 2.45) is 0 Å². The molecule has 9 heteroatoms. The Hall–Kier alpha value is -2.65. The Morgan fingerprint density at radius 3 is 2.04 bits per heavy atom. The zero-order chi connectivity index (χ0) is 21.0. The van der Waals surface area contributed by atoms with E-state index in [1.54, 1.807) is 52.1 Å². The number of carbonyl (C=O) groups is 3. The molecule has 0 saturated heterocycles. The summed E-state index contributed by atoms with van der Waals surface area (Å²) in [6.07, 6.45) is -0.456. The fourth-order valence-electron chi connectivity index (χ4n) is 1.96. The molecule has 0 aliphatic rings. The summed E-state index contributed by atoms with van der Waals surface area (Å²) in [5.74, 6) is -0.527. The summed E-state index contributed by atoms with van der Waals surface area (Å²) in [5.41, 5.74) is 0.584. The van der Waals surface area contributed by atoms with Gasteiger partial charge in [0.1, 0.15) is 12.2 Å². The smallest absolute Gasteiger partial charge is 0.407 e. The lowest BCUT2D eigenvalue weighted by molar-refractivity contribution is -0.121. The second-order valence-corrected chi connectivity index (χ2v) is 6.90. The van der Waals surface area contributed by atoms with Crippen LogP contribution in [-0.4, -0.2) is 57.0 Å². The number of ether oxygens (including phenoxy) is 3. The molecule has 0 radical (unpaired) electrons. The average Bonchev–Trinajstić information content (AvgIpc) is 2.59. The number of methoxy groups -OCH3 is 1. The van der Waals surface area contributed by atoms with Gasteiger partial charge in [-0.3, -0.25) is 9.59 Å². The molecule has 1 aromatic rings. The number of hydrogen-bond acceptors (Lipinski definition) is 6. The van der Waals surface area contributed by atoms with Crippen LogP contribution in [0.2, 0.25) is 0 Å². The van der Waals surface area contributed by atoms with Crippen molar-refractivity contribution in [3.8, 4) is 0 Å². The predicted molar refractivity (Wildman–Crippen MR) is 105 cm³/mol. The molecule has 0 saturated carbocycles. The van der Waals surface area contributed by atoms with Gasteiger partial charge in [-0.05, 0) is 45.0 Å². The van der Waals surface area contributed by atoms with Gasteiger partial charge < -0.3 is 30.2 Å². The van der Waals surface area contributed by atoms with Crippen molar-refractivity contribution in [3.05, 3.63) is 24.3 Å². The zero-order valence-electron chi connectivity index (χ0n) is 16.8. The van der Waals surface area contributed by atoms with Crippen LogP contribution >= 0.6 is 0 Å². The minimum Gasteiger partial charge on any atom is -0.444 e. The van der Waals surface area contributed by atoms with Crippen molar-refractivity contribution in [1.82, 2.24) is 5.32 Å². The largest absolute Gasteiger partial charge is 0.444 e. The highest BCUT2D eigenvalue weighted by Gasteiger charge is 2.15. The number of hydrogen-bond donors (Lipinski definition) is 3. The first-order chi connectivity index (χ1) is 13.2. The summed E-state index contributed by atoms with van der Waals surface area (Å²) in [7, 11) is 1.56. The molecule has 0 bridgehead atoms. The molecule has 9 nitrogen and oxygen atoms in total. The lowest BCUT2D eigenvalue weighted by atomic mass is 10.2. The van der Waals surface area contributed by atoms with Crippen LogP contribution in [0, 0.1) is 0 Å². The molecule has 1 rings (SSSR count). The van der Waals surface area contributed by atoms with E-state index in [0.29, 0.717) is 24.6 Å². The maximum absolute atomic E-state index is 11.9. The molecule has 156 valence electrons. The number of amides is 3. The summed E-state index contributed by atoms with van der Waals surface area (Å²) in [6.45, 7) is 6.16. The van der Waals surface area contributed by atoms with Crippen LogP contribution in [0.3, 0.4) is 0 Å². The van der Waals surface area contributed by atoms with Crippen molar-refractivity contribution in [2.45, 2.75) is 32.8 Å². The molecule has 0 aromatic heterocycles. The summed E-state index contributed by atoms with van der Waals surface area (Å²) in [4.78, 5) is 35.1. The van der Waals surface area contributed by atoms with Crippen LogP contribution in [0.4, 0.5) is 16.2 Å². The van der Waals surface area contributed by atoms with E-state index in [0.717, 1.165) is 0 Å². The van der Waals surface area contributed by atoms with Crippen LogP contribution < -0.4 is 16.0 Å². The first-order valence-corrected chi connectivity index (χ1v) is 8.93. The zero-order valence-corrected chi connectivity index (χ0v) is 16.8. The third-order valence-corrected chi connectivity index (χ3v) is 3.14. The maximum atomic E-state index is 11.9. The van der Waals surface area contributed by atoms with Gasteiger partial charge in [0.2, 0.25) is 11.8 Å². The van der Waals surface area contributed by atoms with E-state index in [2.05, 4.69) is 16.0 Å². The van der Waals surface area contributed by atoms with Gasteiger partial charge in [0, 0.05) is 31.5 Å². The van der Waals surface area contributed by atoms with Gasteiger partial charge >= 0.3 is 6.09 Å². The molecular weight excluding hydrogens is 366 g/mol. The van der Waals surface area contributed by atoms with Gasteiger partial charge in [-0.1, -0.05) is 0 Å². The van der Waals surface area contributed by atoms with Gasteiger partial charge in [-0.15, -0.1) is 0 Å². The highest BCUT2D eigenvalue weighted by Crippen LogP contribution is 2.13. The van der Waals surface area contributed by atoms with Gasteiger partial charge in [0.05, 0.1) is 13.2 Å². The molecule has 0 aliphatic carbocycles. The number of alkyl carbamates (subject to hydrolysis) is 1. The molecule has 3 amide bonds. The Kier molecular flexibility index (Phi) is 9.97.